The van der Waals surface area contributed by atoms with Crippen molar-refractivity contribution >= 4 is 7.37 Å². The molecule has 0 aliphatic carbocycles. The maximum absolute atomic E-state index is 12.7. The van der Waals surface area contributed by atoms with Gasteiger partial charge in [0.15, 0.2) is 19.4 Å². The van der Waals surface area contributed by atoms with E-state index < -0.39 is 25.0 Å². The van der Waals surface area contributed by atoms with Crippen molar-refractivity contribution in [2.45, 2.75) is 77.0 Å². The van der Waals surface area contributed by atoms with E-state index in [2.05, 4.69) is 6.92 Å². The molecule has 2 saturated heterocycles. The van der Waals surface area contributed by atoms with Crippen LogP contribution in [-0.2, 0) is 34.6 Å². The fourth-order valence-corrected chi connectivity index (χ4v) is 5.51. The normalized spacial score (nSPS) is 33.5. The molecule has 158 valence electrons. The van der Waals surface area contributed by atoms with Crippen LogP contribution in [0.5, 0.6) is 0 Å². The SMILES string of the molecule is CCOP(C)(=O)CC[C@@]1(CC)O[C@@H]2OC(C)(C)O[C@H]2C1OCc1ccccc1. The summed E-state index contributed by atoms with van der Waals surface area (Å²) in [6.07, 6.45) is 0.588. The molecule has 0 amide bonds. The quantitative estimate of drug-likeness (QED) is 0.554. The molecule has 0 N–H and O–H groups in total. The molecule has 0 spiro atoms. The monoisotopic (exact) mass is 412 g/mol. The zero-order valence-electron chi connectivity index (χ0n) is 17.6. The van der Waals surface area contributed by atoms with E-state index in [4.69, 9.17) is 23.5 Å². The highest BCUT2D eigenvalue weighted by atomic mass is 31.2. The molecule has 0 radical (unpaired) electrons. The summed E-state index contributed by atoms with van der Waals surface area (Å²) in [5, 5.41) is 0. The number of rotatable bonds is 9. The van der Waals surface area contributed by atoms with Crippen molar-refractivity contribution in [3.63, 3.8) is 0 Å². The van der Waals surface area contributed by atoms with E-state index in [1.165, 1.54) is 0 Å². The summed E-state index contributed by atoms with van der Waals surface area (Å²) in [6.45, 7) is 10.3. The van der Waals surface area contributed by atoms with Gasteiger partial charge in [0.1, 0.15) is 17.8 Å². The molecule has 1 aromatic rings. The van der Waals surface area contributed by atoms with Crippen molar-refractivity contribution in [3.05, 3.63) is 35.9 Å². The number of benzene rings is 1. The van der Waals surface area contributed by atoms with Crippen LogP contribution in [0.15, 0.2) is 30.3 Å². The van der Waals surface area contributed by atoms with Gasteiger partial charge in [-0.25, -0.2) is 0 Å². The molecule has 5 atom stereocenters. The Kier molecular flexibility index (Phi) is 6.70. The van der Waals surface area contributed by atoms with Crippen molar-refractivity contribution in [1.29, 1.82) is 0 Å². The summed E-state index contributed by atoms with van der Waals surface area (Å²) < 4.78 is 43.0. The lowest BCUT2D eigenvalue weighted by Gasteiger charge is -2.36. The molecular formula is C21H33O6P. The number of fused-ring (bicyclic) bond motifs is 1. The zero-order chi connectivity index (χ0) is 20.4. The first-order chi connectivity index (χ1) is 13.2. The lowest BCUT2D eigenvalue weighted by atomic mass is 9.89. The molecule has 28 heavy (non-hydrogen) atoms. The second kappa shape index (κ2) is 8.55. The molecule has 2 aliphatic rings. The summed E-state index contributed by atoms with van der Waals surface area (Å²) in [6, 6.07) is 10.0. The van der Waals surface area contributed by atoms with Crippen molar-refractivity contribution in [1.82, 2.24) is 0 Å². The van der Waals surface area contributed by atoms with Crippen LogP contribution in [0.2, 0.25) is 0 Å². The fourth-order valence-electron chi connectivity index (χ4n) is 4.05. The molecule has 0 bridgehead atoms. The van der Waals surface area contributed by atoms with Gasteiger partial charge in [-0.3, -0.25) is 4.57 Å². The number of hydrogen-bond acceptors (Lipinski definition) is 6. The Labute approximate surface area is 168 Å². The van der Waals surface area contributed by atoms with Gasteiger partial charge in [-0.05, 0) is 39.2 Å². The average Bonchev–Trinajstić information content (AvgIpc) is 3.08. The van der Waals surface area contributed by atoms with Gasteiger partial charge < -0.3 is 23.5 Å². The van der Waals surface area contributed by atoms with Crippen LogP contribution >= 0.6 is 7.37 Å². The molecule has 0 saturated carbocycles. The van der Waals surface area contributed by atoms with Crippen LogP contribution < -0.4 is 0 Å². The van der Waals surface area contributed by atoms with Gasteiger partial charge in [0.2, 0.25) is 0 Å². The topological polar surface area (TPSA) is 63.2 Å². The van der Waals surface area contributed by atoms with Crippen LogP contribution in [0.25, 0.3) is 0 Å². The highest BCUT2D eigenvalue weighted by Crippen LogP contribution is 2.51. The molecule has 0 aromatic heterocycles. The van der Waals surface area contributed by atoms with Gasteiger partial charge >= 0.3 is 0 Å². The third-order valence-electron chi connectivity index (χ3n) is 5.47. The van der Waals surface area contributed by atoms with Crippen molar-refractivity contribution in [2.75, 3.05) is 19.4 Å². The minimum atomic E-state index is -2.68. The minimum absolute atomic E-state index is 0.314. The second-order valence-electron chi connectivity index (χ2n) is 8.13. The predicted octanol–water partition coefficient (Wildman–Crippen LogP) is 4.56. The summed E-state index contributed by atoms with van der Waals surface area (Å²) in [5.74, 6) is -0.713. The molecular weight excluding hydrogens is 379 g/mol. The Morgan fingerprint density at radius 1 is 1.11 bits per heavy atom. The average molecular weight is 412 g/mol. The van der Waals surface area contributed by atoms with Crippen LogP contribution in [0.1, 0.15) is 46.1 Å². The second-order valence-corrected chi connectivity index (χ2v) is 10.9. The van der Waals surface area contributed by atoms with E-state index in [0.29, 0.717) is 32.2 Å². The van der Waals surface area contributed by atoms with Gasteiger partial charge in [0, 0.05) is 12.8 Å². The Morgan fingerprint density at radius 2 is 1.82 bits per heavy atom. The molecule has 7 heteroatoms. The molecule has 2 unspecified atom stereocenters. The molecule has 3 rings (SSSR count). The summed E-state index contributed by atoms with van der Waals surface area (Å²) in [5.41, 5.74) is 0.466. The lowest BCUT2D eigenvalue weighted by molar-refractivity contribution is -0.246. The number of hydrogen-bond donors (Lipinski definition) is 0. The highest BCUT2D eigenvalue weighted by molar-refractivity contribution is 7.58. The fraction of sp³-hybridized carbons (Fsp3) is 0.714. The Balaban J connectivity index is 1.79. The van der Waals surface area contributed by atoms with Gasteiger partial charge in [-0.1, -0.05) is 37.3 Å². The van der Waals surface area contributed by atoms with E-state index in [0.717, 1.165) is 5.56 Å². The molecule has 2 heterocycles. The highest BCUT2D eigenvalue weighted by Gasteiger charge is 2.61. The third kappa shape index (κ3) is 4.86. The Morgan fingerprint density at radius 3 is 2.46 bits per heavy atom. The van der Waals surface area contributed by atoms with Crippen molar-refractivity contribution in [2.24, 2.45) is 0 Å². The van der Waals surface area contributed by atoms with E-state index in [9.17, 15) is 4.57 Å². The Hall–Kier alpha value is -0.750. The van der Waals surface area contributed by atoms with Crippen LogP contribution in [0.4, 0.5) is 0 Å². The zero-order valence-corrected chi connectivity index (χ0v) is 18.4. The Bertz CT molecular complexity index is 693. The largest absolute Gasteiger partial charge is 0.368 e. The first-order valence-corrected chi connectivity index (χ1v) is 12.4. The number of ether oxygens (including phenoxy) is 4. The van der Waals surface area contributed by atoms with Crippen LogP contribution in [-0.4, -0.2) is 49.3 Å². The van der Waals surface area contributed by atoms with E-state index >= 15 is 0 Å². The molecule has 2 aliphatic heterocycles. The van der Waals surface area contributed by atoms with Gasteiger partial charge in [-0.2, -0.15) is 0 Å². The lowest BCUT2D eigenvalue weighted by Crippen LogP contribution is -2.47. The van der Waals surface area contributed by atoms with E-state index in [1.807, 2.05) is 51.1 Å². The van der Waals surface area contributed by atoms with Crippen LogP contribution in [0, 0.1) is 0 Å². The van der Waals surface area contributed by atoms with Gasteiger partial charge in [0.25, 0.3) is 0 Å². The van der Waals surface area contributed by atoms with Crippen LogP contribution in [0.3, 0.4) is 0 Å². The molecule has 2 fully saturated rings. The van der Waals surface area contributed by atoms with E-state index in [-0.39, 0.29) is 12.2 Å². The molecule has 6 nitrogen and oxygen atoms in total. The molecule has 1 aromatic carbocycles. The maximum atomic E-state index is 12.7. The third-order valence-corrected chi connectivity index (χ3v) is 7.31. The van der Waals surface area contributed by atoms with Crippen molar-refractivity contribution < 1.29 is 28.0 Å². The standard InChI is InChI=1S/C21H33O6P/c1-6-21(13-14-28(5,22)24-7-2)18(23-15-16-11-9-8-10-12-16)17-19(27-21)26-20(3,4)25-17/h8-12,17-19H,6-7,13-15H2,1-5H3/t17-,18?,19-,21+,28?/m0/s1. The maximum Gasteiger partial charge on any atom is 0.200 e. The summed E-state index contributed by atoms with van der Waals surface area (Å²) >= 11 is 0. The summed E-state index contributed by atoms with van der Waals surface area (Å²) in [4.78, 5) is 0. The first kappa shape index (κ1) is 21.9. The van der Waals surface area contributed by atoms with Crippen molar-refractivity contribution in [3.8, 4) is 0 Å². The van der Waals surface area contributed by atoms with E-state index in [1.54, 1.807) is 6.66 Å². The van der Waals surface area contributed by atoms with Gasteiger partial charge in [-0.15, -0.1) is 0 Å². The van der Waals surface area contributed by atoms with Gasteiger partial charge in [0.05, 0.1) is 13.2 Å². The first-order valence-electron chi connectivity index (χ1n) is 10.1. The summed E-state index contributed by atoms with van der Waals surface area (Å²) in [7, 11) is -2.68. The minimum Gasteiger partial charge on any atom is -0.368 e. The smallest absolute Gasteiger partial charge is 0.200 e. The predicted molar refractivity (Wildman–Crippen MR) is 108 cm³/mol.